The van der Waals surface area contributed by atoms with Gasteiger partial charge in [-0.05, 0) is 12.8 Å². The van der Waals surface area contributed by atoms with Gasteiger partial charge in [-0.3, -0.25) is 4.79 Å². The van der Waals surface area contributed by atoms with Crippen LogP contribution < -0.4 is 5.32 Å². The first-order chi connectivity index (χ1) is 6.31. The highest BCUT2D eigenvalue weighted by Gasteiger charge is 1.98. The van der Waals surface area contributed by atoms with Gasteiger partial charge in [-0.2, -0.15) is 0 Å². The fraction of sp³-hybridized carbons (Fsp3) is 0.900. The summed E-state index contributed by atoms with van der Waals surface area (Å²) in [6.07, 6.45) is 5.74. The van der Waals surface area contributed by atoms with Crippen molar-refractivity contribution >= 4 is 5.91 Å². The van der Waals surface area contributed by atoms with Gasteiger partial charge < -0.3 is 10.4 Å². The molecule has 0 unspecified atom stereocenters. The largest absolute Gasteiger partial charge is 0.396 e. The van der Waals surface area contributed by atoms with Crippen molar-refractivity contribution in [1.29, 1.82) is 0 Å². The molecule has 0 radical (unpaired) electrons. The van der Waals surface area contributed by atoms with Crippen LogP contribution in [-0.4, -0.2) is 24.2 Å². The molecule has 78 valence electrons. The fourth-order valence-corrected chi connectivity index (χ4v) is 1.11. The highest BCUT2D eigenvalue weighted by Crippen LogP contribution is 1.97. The van der Waals surface area contributed by atoms with Crippen LogP contribution in [-0.2, 0) is 4.79 Å². The van der Waals surface area contributed by atoms with Crippen LogP contribution >= 0.6 is 0 Å². The van der Waals surface area contributed by atoms with Gasteiger partial charge in [0.1, 0.15) is 0 Å². The van der Waals surface area contributed by atoms with Gasteiger partial charge in [-0.1, -0.05) is 26.2 Å². The van der Waals surface area contributed by atoms with E-state index in [-0.39, 0.29) is 12.5 Å². The van der Waals surface area contributed by atoms with Crippen molar-refractivity contribution in [2.75, 3.05) is 13.2 Å². The maximum Gasteiger partial charge on any atom is 0.220 e. The standard InChI is InChI=1S/C10H21NO2/c1-2-3-4-5-8-11-10(13)7-6-9-12/h12H,2-9H2,1H3,(H,11,13). The summed E-state index contributed by atoms with van der Waals surface area (Å²) in [5.41, 5.74) is 0. The Labute approximate surface area is 80.5 Å². The van der Waals surface area contributed by atoms with Crippen molar-refractivity contribution in [1.82, 2.24) is 5.32 Å². The highest BCUT2D eigenvalue weighted by molar-refractivity contribution is 5.75. The highest BCUT2D eigenvalue weighted by atomic mass is 16.3. The predicted molar refractivity (Wildman–Crippen MR) is 53.5 cm³/mol. The number of carbonyl (C=O) groups is 1. The second-order valence-electron chi connectivity index (χ2n) is 3.24. The molecule has 13 heavy (non-hydrogen) atoms. The van der Waals surface area contributed by atoms with E-state index >= 15 is 0 Å². The summed E-state index contributed by atoms with van der Waals surface area (Å²) in [5, 5.41) is 11.3. The number of carbonyl (C=O) groups excluding carboxylic acids is 1. The smallest absolute Gasteiger partial charge is 0.220 e. The molecule has 0 atom stereocenters. The molecule has 0 aromatic heterocycles. The second kappa shape index (κ2) is 9.52. The molecular weight excluding hydrogens is 166 g/mol. The fourth-order valence-electron chi connectivity index (χ4n) is 1.11. The lowest BCUT2D eigenvalue weighted by Crippen LogP contribution is -2.24. The number of hydrogen-bond donors (Lipinski definition) is 2. The molecule has 0 aromatic carbocycles. The Morgan fingerprint density at radius 1 is 1.23 bits per heavy atom. The van der Waals surface area contributed by atoms with E-state index < -0.39 is 0 Å². The summed E-state index contributed by atoms with van der Waals surface area (Å²) >= 11 is 0. The molecule has 0 aromatic rings. The van der Waals surface area contributed by atoms with Crippen molar-refractivity contribution in [3.8, 4) is 0 Å². The Bertz CT molecular complexity index is 126. The second-order valence-corrected chi connectivity index (χ2v) is 3.24. The normalized spacial score (nSPS) is 10.0. The zero-order valence-electron chi connectivity index (χ0n) is 8.51. The number of aliphatic hydroxyl groups excluding tert-OH is 1. The lowest BCUT2D eigenvalue weighted by atomic mass is 10.2. The Balaban J connectivity index is 3.08. The molecule has 0 spiro atoms. The maximum atomic E-state index is 11.0. The van der Waals surface area contributed by atoms with Crippen LogP contribution in [0.5, 0.6) is 0 Å². The van der Waals surface area contributed by atoms with E-state index in [1.165, 1.54) is 19.3 Å². The molecule has 0 fully saturated rings. The molecule has 0 aliphatic carbocycles. The molecule has 0 aliphatic heterocycles. The zero-order valence-corrected chi connectivity index (χ0v) is 8.51. The molecule has 2 N–H and O–H groups in total. The topological polar surface area (TPSA) is 49.3 Å². The van der Waals surface area contributed by atoms with E-state index in [0.717, 1.165) is 13.0 Å². The quantitative estimate of drug-likeness (QED) is 0.565. The monoisotopic (exact) mass is 187 g/mol. The number of aliphatic hydroxyl groups is 1. The van der Waals surface area contributed by atoms with Crippen molar-refractivity contribution in [3.63, 3.8) is 0 Å². The van der Waals surface area contributed by atoms with Gasteiger partial charge in [0.15, 0.2) is 0 Å². The van der Waals surface area contributed by atoms with E-state index in [1.54, 1.807) is 0 Å². The summed E-state index contributed by atoms with van der Waals surface area (Å²) < 4.78 is 0. The third-order valence-electron chi connectivity index (χ3n) is 1.91. The van der Waals surface area contributed by atoms with Crippen LogP contribution in [0.1, 0.15) is 45.4 Å². The van der Waals surface area contributed by atoms with Gasteiger partial charge in [0, 0.05) is 19.6 Å². The molecular formula is C10H21NO2. The Hall–Kier alpha value is -0.570. The zero-order chi connectivity index (χ0) is 9.94. The van der Waals surface area contributed by atoms with Crippen molar-refractivity contribution < 1.29 is 9.90 Å². The first kappa shape index (κ1) is 12.4. The first-order valence-corrected chi connectivity index (χ1v) is 5.18. The molecule has 0 heterocycles. The van der Waals surface area contributed by atoms with Gasteiger partial charge >= 0.3 is 0 Å². The summed E-state index contributed by atoms with van der Waals surface area (Å²) in [6.45, 7) is 3.05. The number of unbranched alkanes of at least 4 members (excludes halogenated alkanes) is 3. The van der Waals surface area contributed by atoms with Crippen LogP contribution in [0, 0.1) is 0 Å². The molecule has 0 aliphatic rings. The third kappa shape index (κ3) is 9.34. The molecule has 1 amide bonds. The van der Waals surface area contributed by atoms with Gasteiger partial charge in [0.2, 0.25) is 5.91 Å². The average molecular weight is 187 g/mol. The summed E-state index contributed by atoms with van der Waals surface area (Å²) in [4.78, 5) is 11.0. The lowest BCUT2D eigenvalue weighted by molar-refractivity contribution is -0.121. The van der Waals surface area contributed by atoms with E-state index in [4.69, 9.17) is 5.11 Å². The minimum atomic E-state index is 0.0607. The van der Waals surface area contributed by atoms with Gasteiger partial charge in [-0.25, -0.2) is 0 Å². The molecule has 0 saturated heterocycles. The SMILES string of the molecule is CCCCCCNC(=O)CCCO. The molecule has 3 heteroatoms. The van der Waals surface area contributed by atoms with E-state index in [2.05, 4.69) is 12.2 Å². The molecule has 0 bridgehead atoms. The minimum Gasteiger partial charge on any atom is -0.396 e. The number of rotatable bonds is 8. The van der Waals surface area contributed by atoms with Crippen molar-refractivity contribution in [2.24, 2.45) is 0 Å². The summed E-state index contributed by atoms with van der Waals surface area (Å²) in [6, 6.07) is 0. The predicted octanol–water partition coefficient (Wildman–Crippen LogP) is 1.46. The number of hydrogen-bond acceptors (Lipinski definition) is 2. The lowest BCUT2D eigenvalue weighted by Gasteiger charge is -2.03. The average Bonchev–Trinajstić information content (AvgIpc) is 2.14. The van der Waals surface area contributed by atoms with Gasteiger partial charge in [0.25, 0.3) is 0 Å². The van der Waals surface area contributed by atoms with Crippen molar-refractivity contribution in [3.05, 3.63) is 0 Å². The summed E-state index contributed by atoms with van der Waals surface area (Å²) in [5.74, 6) is 0.0607. The molecule has 0 saturated carbocycles. The van der Waals surface area contributed by atoms with Gasteiger partial charge in [-0.15, -0.1) is 0 Å². The van der Waals surface area contributed by atoms with Crippen LogP contribution in [0.2, 0.25) is 0 Å². The summed E-state index contributed by atoms with van der Waals surface area (Å²) in [7, 11) is 0. The third-order valence-corrected chi connectivity index (χ3v) is 1.91. The van der Waals surface area contributed by atoms with E-state index in [9.17, 15) is 4.79 Å². The van der Waals surface area contributed by atoms with E-state index in [0.29, 0.717) is 12.8 Å². The molecule has 0 rings (SSSR count). The van der Waals surface area contributed by atoms with Crippen LogP contribution in [0.4, 0.5) is 0 Å². The Morgan fingerprint density at radius 2 is 2.00 bits per heavy atom. The minimum absolute atomic E-state index is 0.0607. The first-order valence-electron chi connectivity index (χ1n) is 5.18. The van der Waals surface area contributed by atoms with Crippen molar-refractivity contribution in [2.45, 2.75) is 45.4 Å². The molecule has 3 nitrogen and oxygen atoms in total. The maximum absolute atomic E-state index is 11.0. The Morgan fingerprint density at radius 3 is 2.62 bits per heavy atom. The number of nitrogens with one attached hydrogen (secondary N) is 1. The Kier molecular flexibility index (Phi) is 9.10. The number of amides is 1. The van der Waals surface area contributed by atoms with Crippen LogP contribution in [0.15, 0.2) is 0 Å². The van der Waals surface area contributed by atoms with Crippen LogP contribution in [0.3, 0.4) is 0 Å². The van der Waals surface area contributed by atoms with Gasteiger partial charge in [0.05, 0.1) is 0 Å². The van der Waals surface area contributed by atoms with Crippen LogP contribution in [0.25, 0.3) is 0 Å². The van der Waals surface area contributed by atoms with E-state index in [1.807, 2.05) is 0 Å².